The zero-order chi connectivity index (χ0) is 17.3. The standard InChI is InChI=1S/C14H19N3O5S/c1-22-11-10-17(9-5-8-15)23(20,21)16-13(14(18)19)12-6-3-2-4-7-12/h2-4,6-7,13,16H,5,9-11H2,1H3,(H,18,19)/t13-/m0/s1. The van der Waals surface area contributed by atoms with E-state index in [0.29, 0.717) is 5.56 Å². The number of ether oxygens (including phenoxy) is 1. The van der Waals surface area contributed by atoms with E-state index in [4.69, 9.17) is 10.00 Å². The van der Waals surface area contributed by atoms with Crippen molar-refractivity contribution >= 4 is 16.2 Å². The molecule has 23 heavy (non-hydrogen) atoms. The van der Waals surface area contributed by atoms with Crippen LogP contribution in [-0.2, 0) is 19.7 Å². The zero-order valence-corrected chi connectivity index (χ0v) is 13.5. The number of aliphatic carboxylic acids is 1. The Morgan fingerprint density at radius 1 is 1.39 bits per heavy atom. The summed E-state index contributed by atoms with van der Waals surface area (Å²) in [4.78, 5) is 11.4. The minimum atomic E-state index is -4.09. The van der Waals surface area contributed by atoms with Gasteiger partial charge in [-0.25, -0.2) is 0 Å². The van der Waals surface area contributed by atoms with Gasteiger partial charge in [0, 0.05) is 26.6 Å². The molecule has 0 spiro atoms. The first kappa shape index (κ1) is 19.1. The van der Waals surface area contributed by atoms with E-state index in [1.54, 1.807) is 18.2 Å². The summed E-state index contributed by atoms with van der Waals surface area (Å²) in [6.07, 6.45) is -0.00625. The third-order valence-electron chi connectivity index (χ3n) is 3.00. The van der Waals surface area contributed by atoms with Gasteiger partial charge in [-0.2, -0.15) is 22.7 Å². The van der Waals surface area contributed by atoms with Crippen LogP contribution in [0, 0.1) is 11.3 Å². The summed E-state index contributed by atoms with van der Waals surface area (Å²) in [5.41, 5.74) is 0.315. The number of methoxy groups -OCH3 is 1. The van der Waals surface area contributed by atoms with E-state index in [1.165, 1.54) is 19.2 Å². The number of nitrogens with zero attached hydrogens (tertiary/aromatic N) is 2. The second-order valence-electron chi connectivity index (χ2n) is 4.60. The molecule has 1 aromatic carbocycles. The Labute approximate surface area is 135 Å². The molecule has 0 saturated heterocycles. The van der Waals surface area contributed by atoms with Gasteiger partial charge >= 0.3 is 5.97 Å². The topological polar surface area (TPSA) is 120 Å². The van der Waals surface area contributed by atoms with Gasteiger partial charge in [0.1, 0.15) is 6.04 Å². The van der Waals surface area contributed by atoms with Crippen LogP contribution in [0.25, 0.3) is 0 Å². The van der Waals surface area contributed by atoms with Gasteiger partial charge in [-0.3, -0.25) is 4.79 Å². The largest absolute Gasteiger partial charge is 0.480 e. The summed E-state index contributed by atoms with van der Waals surface area (Å²) in [6.45, 7) is 0.111. The molecule has 0 bridgehead atoms. The summed E-state index contributed by atoms with van der Waals surface area (Å²) < 4.78 is 32.8. The van der Waals surface area contributed by atoms with Crippen LogP contribution >= 0.6 is 0 Å². The lowest BCUT2D eigenvalue weighted by atomic mass is 10.1. The van der Waals surface area contributed by atoms with E-state index < -0.39 is 22.2 Å². The fourth-order valence-electron chi connectivity index (χ4n) is 1.85. The molecule has 0 amide bonds. The van der Waals surface area contributed by atoms with E-state index >= 15 is 0 Å². The van der Waals surface area contributed by atoms with Gasteiger partial charge < -0.3 is 9.84 Å². The van der Waals surface area contributed by atoms with Crippen LogP contribution in [-0.4, -0.2) is 50.6 Å². The Kier molecular flexibility index (Phi) is 7.64. The molecule has 2 N–H and O–H groups in total. The highest BCUT2D eigenvalue weighted by Gasteiger charge is 2.29. The minimum absolute atomic E-state index is 0.00625. The Morgan fingerprint density at radius 3 is 2.57 bits per heavy atom. The lowest BCUT2D eigenvalue weighted by molar-refractivity contribution is -0.139. The normalized spacial score (nSPS) is 12.7. The molecule has 0 radical (unpaired) electrons. The van der Waals surface area contributed by atoms with Crippen molar-refractivity contribution in [2.24, 2.45) is 0 Å². The molecule has 8 nitrogen and oxygen atoms in total. The maximum Gasteiger partial charge on any atom is 0.326 e. The van der Waals surface area contributed by atoms with Crippen molar-refractivity contribution < 1.29 is 23.1 Å². The fraction of sp³-hybridized carbons (Fsp3) is 0.429. The number of nitrogens with one attached hydrogen (secondary N) is 1. The van der Waals surface area contributed by atoms with Gasteiger partial charge in [-0.05, 0) is 5.56 Å². The van der Waals surface area contributed by atoms with Crippen molar-refractivity contribution in [1.29, 1.82) is 5.26 Å². The molecule has 0 aromatic heterocycles. The summed E-state index contributed by atoms with van der Waals surface area (Å²) in [5.74, 6) is -1.31. The maximum absolute atomic E-state index is 12.4. The Bertz CT molecular complexity index is 642. The molecule has 0 unspecified atom stereocenters. The Hall–Kier alpha value is -1.99. The predicted octanol–water partition coefficient (Wildman–Crippen LogP) is 0.509. The Balaban J connectivity index is 2.98. The monoisotopic (exact) mass is 341 g/mol. The lowest BCUT2D eigenvalue weighted by Crippen LogP contribution is -2.45. The van der Waals surface area contributed by atoms with Crippen molar-refractivity contribution in [1.82, 2.24) is 9.03 Å². The second-order valence-corrected chi connectivity index (χ2v) is 6.31. The number of carboxylic acid groups (broad SMARTS) is 1. The van der Waals surface area contributed by atoms with E-state index in [1.807, 2.05) is 6.07 Å². The summed E-state index contributed by atoms with van der Waals surface area (Å²) >= 11 is 0. The predicted molar refractivity (Wildman–Crippen MR) is 82.6 cm³/mol. The van der Waals surface area contributed by atoms with Crippen LogP contribution in [0.5, 0.6) is 0 Å². The number of benzene rings is 1. The number of carboxylic acids is 1. The average Bonchev–Trinajstić information content (AvgIpc) is 2.53. The molecule has 1 aromatic rings. The smallest absolute Gasteiger partial charge is 0.326 e. The molecule has 0 heterocycles. The highest BCUT2D eigenvalue weighted by molar-refractivity contribution is 7.87. The molecular weight excluding hydrogens is 322 g/mol. The number of hydrogen-bond donors (Lipinski definition) is 2. The van der Waals surface area contributed by atoms with Crippen LogP contribution in [0.4, 0.5) is 0 Å². The van der Waals surface area contributed by atoms with Gasteiger partial charge in [-0.15, -0.1) is 0 Å². The molecule has 9 heteroatoms. The SMILES string of the molecule is COCCN(CCC#N)S(=O)(=O)N[C@H](C(=O)O)c1ccccc1. The zero-order valence-electron chi connectivity index (χ0n) is 12.7. The van der Waals surface area contributed by atoms with Crippen LogP contribution < -0.4 is 4.72 Å². The molecule has 0 aliphatic heterocycles. The summed E-state index contributed by atoms with van der Waals surface area (Å²) in [7, 11) is -2.66. The van der Waals surface area contributed by atoms with E-state index in [0.717, 1.165) is 4.31 Å². The van der Waals surface area contributed by atoms with Crippen LogP contribution in [0.1, 0.15) is 18.0 Å². The third-order valence-corrected chi connectivity index (χ3v) is 4.58. The first-order chi connectivity index (χ1) is 10.9. The van der Waals surface area contributed by atoms with E-state index in [-0.39, 0.29) is 26.1 Å². The van der Waals surface area contributed by atoms with Crippen molar-refractivity contribution in [2.45, 2.75) is 12.5 Å². The quantitative estimate of drug-likeness (QED) is 0.640. The molecule has 1 rings (SSSR count). The fourth-order valence-corrected chi connectivity index (χ4v) is 3.18. The molecule has 0 saturated carbocycles. The van der Waals surface area contributed by atoms with Crippen LogP contribution in [0.2, 0.25) is 0 Å². The van der Waals surface area contributed by atoms with Gasteiger partial charge in [0.25, 0.3) is 10.2 Å². The molecular formula is C14H19N3O5S. The van der Waals surface area contributed by atoms with E-state index in [9.17, 15) is 18.3 Å². The number of hydrogen-bond acceptors (Lipinski definition) is 5. The molecule has 1 atom stereocenters. The average molecular weight is 341 g/mol. The first-order valence-electron chi connectivity index (χ1n) is 6.83. The van der Waals surface area contributed by atoms with Gasteiger partial charge in [-0.1, -0.05) is 30.3 Å². The van der Waals surface area contributed by atoms with Gasteiger partial charge in [0.05, 0.1) is 12.7 Å². The highest BCUT2D eigenvalue weighted by atomic mass is 32.2. The second kappa shape index (κ2) is 9.22. The van der Waals surface area contributed by atoms with Crippen molar-refractivity contribution in [3.8, 4) is 6.07 Å². The first-order valence-corrected chi connectivity index (χ1v) is 8.27. The summed E-state index contributed by atoms with van der Waals surface area (Å²) in [5, 5.41) is 17.9. The van der Waals surface area contributed by atoms with Gasteiger partial charge in [0.2, 0.25) is 0 Å². The Morgan fingerprint density at radius 2 is 2.04 bits per heavy atom. The lowest BCUT2D eigenvalue weighted by Gasteiger charge is -2.23. The maximum atomic E-state index is 12.4. The molecule has 126 valence electrons. The van der Waals surface area contributed by atoms with Crippen LogP contribution in [0.3, 0.4) is 0 Å². The number of rotatable bonds is 10. The van der Waals surface area contributed by atoms with Gasteiger partial charge in [0.15, 0.2) is 0 Å². The third kappa shape index (κ3) is 5.96. The van der Waals surface area contributed by atoms with E-state index in [2.05, 4.69) is 4.72 Å². The molecule has 0 aliphatic carbocycles. The number of nitriles is 1. The van der Waals surface area contributed by atoms with Crippen molar-refractivity contribution in [3.05, 3.63) is 35.9 Å². The summed E-state index contributed by atoms with van der Waals surface area (Å²) in [6, 6.07) is 8.45. The van der Waals surface area contributed by atoms with Crippen molar-refractivity contribution in [3.63, 3.8) is 0 Å². The van der Waals surface area contributed by atoms with Crippen molar-refractivity contribution in [2.75, 3.05) is 26.8 Å². The molecule has 0 fully saturated rings. The highest BCUT2D eigenvalue weighted by Crippen LogP contribution is 2.15. The molecule has 0 aliphatic rings. The minimum Gasteiger partial charge on any atom is -0.480 e. The number of carbonyl (C=O) groups is 1. The van der Waals surface area contributed by atoms with Crippen LogP contribution in [0.15, 0.2) is 30.3 Å².